The maximum Gasteiger partial charge on any atom is 0.255 e. The van der Waals surface area contributed by atoms with E-state index in [1.165, 1.54) is 18.2 Å². The Bertz CT molecular complexity index is 1230. The lowest BCUT2D eigenvalue weighted by Crippen LogP contribution is -2.41. The molecule has 182 valence electrons. The summed E-state index contributed by atoms with van der Waals surface area (Å²) in [6.45, 7) is 5.39. The number of hydrogen-bond donors (Lipinski definition) is 2. The zero-order chi connectivity index (χ0) is 25.0. The number of hydrogen-bond acceptors (Lipinski definition) is 5. The van der Waals surface area contributed by atoms with E-state index in [4.69, 9.17) is 15.2 Å². The van der Waals surface area contributed by atoms with Crippen LogP contribution in [0.4, 0.5) is 10.1 Å². The Kier molecular flexibility index (Phi) is 7.02. The number of ether oxygens (including phenoxy) is 2. The van der Waals surface area contributed by atoms with Crippen molar-refractivity contribution in [3.05, 3.63) is 89.2 Å². The number of halogens is 1. The zero-order valence-electron chi connectivity index (χ0n) is 19.7. The lowest BCUT2D eigenvalue weighted by molar-refractivity contribution is 0.0673. The van der Waals surface area contributed by atoms with Crippen molar-refractivity contribution in [2.45, 2.75) is 20.4 Å². The van der Waals surface area contributed by atoms with Crippen molar-refractivity contribution >= 4 is 17.5 Å². The number of nitrogens with two attached hydrogens (primary N) is 1. The van der Waals surface area contributed by atoms with Gasteiger partial charge in [0.25, 0.3) is 11.8 Å². The molecule has 1 aliphatic rings. The van der Waals surface area contributed by atoms with Gasteiger partial charge in [-0.2, -0.15) is 0 Å². The number of fused-ring (bicyclic) bond motifs is 1. The first-order valence-corrected chi connectivity index (χ1v) is 11.3. The molecule has 0 radical (unpaired) electrons. The predicted molar refractivity (Wildman–Crippen MR) is 131 cm³/mol. The molecule has 2 amide bonds. The second kappa shape index (κ2) is 10.1. The van der Waals surface area contributed by atoms with Gasteiger partial charge in [-0.3, -0.25) is 9.59 Å². The summed E-state index contributed by atoms with van der Waals surface area (Å²) in [5.74, 6) is 0.147. The fourth-order valence-electron chi connectivity index (χ4n) is 3.74. The van der Waals surface area contributed by atoms with E-state index in [2.05, 4.69) is 5.32 Å². The standard InChI is InChI=1S/C27H28FN3O4/c1-27(2,15-29)16-31(26(33)20-8-11-23-24(13-20)35-17-34-23)14-18-6-9-22(10-7-18)30-25(32)19-4-3-5-21(28)12-19/h3-13H,14-17,29H2,1-2H3,(H,30,32). The van der Waals surface area contributed by atoms with Crippen LogP contribution in [-0.4, -0.2) is 36.6 Å². The van der Waals surface area contributed by atoms with Crippen molar-refractivity contribution in [1.82, 2.24) is 4.90 Å². The molecule has 7 nitrogen and oxygen atoms in total. The molecule has 0 saturated heterocycles. The topological polar surface area (TPSA) is 93.9 Å². The fraction of sp³-hybridized carbons (Fsp3) is 0.259. The second-order valence-electron chi connectivity index (χ2n) is 9.26. The third kappa shape index (κ3) is 5.96. The van der Waals surface area contributed by atoms with Gasteiger partial charge in [0.1, 0.15) is 5.82 Å². The normalized spacial score (nSPS) is 12.3. The van der Waals surface area contributed by atoms with Gasteiger partial charge < -0.3 is 25.4 Å². The molecule has 0 bridgehead atoms. The number of benzene rings is 3. The van der Waals surface area contributed by atoms with Gasteiger partial charge in [-0.1, -0.05) is 32.0 Å². The third-order valence-corrected chi connectivity index (χ3v) is 5.75. The van der Waals surface area contributed by atoms with Gasteiger partial charge in [0.2, 0.25) is 6.79 Å². The molecular weight excluding hydrogens is 449 g/mol. The Morgan fingerprint density at radius 2 is 1.74 bits per heavy atom. The highest BCUT2D eigenvalue weighted by Gasteiger charge is 2.26. The molecular formula is C27H28FN3O4. The Hall–Kier alpha value is -3.91. The van der Waals surface area contributed by atoms with E-state index >= 15 is 0 Å². The highest BCUT2D eigenvalue weighted by molar-refractivity contribution is 6.04. The van der Waals surface area contributed by atoms with Crippen LogP contribution in [0.2, 0.25) is 0 Å². The van der Waals surface area contributed by atoms with Crippen LogP contribution >= 0.6 is 0 Å². The number of amides is 2. The van der Waals surface area contributed by atoms with E-state index in [1.807, 2.05) is 26.0 Å². The summed E-state index contributed by atoms with van der Waals surface area (Å²) < 4.78 is 24.2. The van der Waals surface area contributed by atoms with Crippen LogP contribution in [0.25, 0.3) is 0 Å². The van der Waals surface area contributed by atoms with Gasteiger partial charge in [0, 0.05) is 29.9 Å². The van der Waals surface area contributed by atoms with E-state index in [0.717, 1.165) is 5.56 Å². The lowest BCUT2D eigenvalue weighted by atomic mass is 9.92. The first-order chi connectivity index (χ1) is 16.7. The molecule has 3 aromatic carbocycles. The van der Waals surface area contributed by atoms with E-state index in [9.17, 15) is 14.0 Å². The van der Waals surface area contributed by atoms with Gasteiger partial charge in [-0.15, -0.1) is 0 Å². The minimum atomic E-state index is -0.472. The Balaban J connectivity index is 1.49. The van der Waals surface area contributed by atoms with Crippen LogP contribution in [0.5, 0.6) is 11.5 Å². The van der Waals surface area contributed by atoms with Gasteiger partial charge in [-0.25, -0.2) is 4.39 Å². The molecule has 3 N–H and O–H groups in total. The average Bonchev–Trinajstić information content (AvgIpc) is 3.32. The lowest BCUT2D eigenvalue weighted by Gasteiger charge is -2.32. The van der Waals surface area contributed by atoms with E-state index in [-0.39, 0.29) is 23.7 Å². The van der Waals surface area contributed by atoms with Crippen LogP contribution in [0.3, 0.4) is 0 Å². The number of carbonyl (C=O) groups is 2. The number of rotatable bonds is 8. The maximum atomic E-state index is 13.4. The van der Waals surface area contributed by atoms with Gasteiger partial charge >= 0.3 is 0 Å². The van der Waals surface area contributed by atoms with Gasteiger partial charge in [0.05, 0.1) is 0 Å². The van der Waals surface area contributed by atoms with Crippen LogP contribution in [-0.2, 0) is 6.54 Å². The predicted octanol–water partition coefficient (Wildman–Crippen LogP) is 4.43. The molecule has 0 saturated carbocycles. The Morgan fingerprint density at radius 1 is 1.00 bits per heavy atom. The van der Waals surface area contributed by atoms with Crippen molar-refractivity contribution in [1.29, 1.82) is 0 Å². The number of carbonyl (C=O) groups excluding carboxylic acids is 2. The van der Waals surface area contributed by atoms with E-state index in [1.54, 1.807) is 41.3 Å². The smallest absolute Gasteiger partial charge is 0.255 e. The second-order valence-corrected chi connectivity index (χ2v) is 9.26. The Labute approximate surface area is 203 Å². The number of nitrogens with one attached hydrogen (secondary N) is 1. The summed E-state index contributed by atoms with van der Waals surface area (Å²) in [6, 6.07) is 17.9. The summed E-state index contributed by atoms with van der Waals surface area (Å²) in [7, 11) is 0. The minimum absolute atomic E-state index is 0.138. The molecule has 1 aliphatic heterocycles. The van der Waals surface area contributed by atoms with Crippen molar-refractivity contribution in [3.8, 4) is 11.5 Å². The van der Waals surface area contributed by atoms with E-state index in [0.29, 0.717) is 42.4 Å². The molecule has 8 heteroatoms. The number of anilines is 1. The molecule has 0 fully saturated rings. The molecule has 1 heterocycles. The SMILES string of the molecule is CC(C)(CN)CN(Cc1ccc(NC(=O)c2cccc(F)c2)cc1)C(=O)c1ccc2c(c1)OCO2. The summed E-state index contributed by atoms with van der Waals surface area (Å²) >= 11 is 0. The monoisotopic (exact) mass is 477 g/mol. The Morgan fingerprint density at radius 3 is 2.46 bits per heavy atom. The zero-order valence-corrected chi connectivity index (χ0v) is 19.7. The third-order valence-electron chi connectivity index (χ3n) is 5.75. The molecule has 4 rings (SSSR count). The molecule has 0 spiro atoms. The fourth-order valence-corrected chi connectivity index (χ4v) is 3.74. The molecule has 0 aromatic heterocycles. The van der Waals surface area contributed by atoms with Crippen molar-refractivity contribution in [3.63, 3.8) is 0 Å². The van der Waals surface area contributed by atoms with Gasteiger partial charge in [0.15, 0.2) is 11.5 Å². The highest BCUT2D eigenvalue weighted by Crippen LogP contribution is 2.33. The molecule has 35 heavy (non-hydrogen) atoms. The van der Waals surface area contributed by atoms with Crippen LogP contribution in [0, 0.1) is 11.2 Å². The van der Waals surface area contributed by atoms with E-state index < -0.39 is 11.7 Å². The average molecular weight is 478 g/mol. The van der Waals surface area contributed by atoms with Crippen LogP contribution < -0.4 is 20.5 Å². The number of nitrogens with zero attached hydrogens (tertiary/aromatic N) is 1. The van der Waals surface area contributed by atoms with Crippen LogP contribution in [0.1, 0.15) is 40.1 Å². The first-order valence-electron chi connectivity index (χ1n) is 11.3. The molecule has 0 atom stereocenters. The first kappa shape index (κ1) is 24.2. The van der Waals surface area contributed by atoms with Crippen molar-refractivity contribution in [2.24, 2.45) is 11.1 Å². The van der Waals surface area contributed by atoms with Crippen molar-refractivity contribution in [2.75, 3.05) is 25.2 Å². The summed E-state index contributed by atoms with van der Waals surface area (Å²) in [6.07, 6.45) is 0. The largest absolute Gasteiger partial charge is 0.454 e. The van der Waals surface area contributed by atoms with Crippen molar-refractivity contribution < 1.29 is 23.5 Å². The minimum Gasteiger partial charge on any atom is -0.454 e. The molecule has 3 aromatic rings. The summed E-state index contributed by atoms with van der Waals surface area (Å²) in [5.41, 5.74) is 7.85. The molecule has 0 aliphatic carbocycles. The quantitative estimate of drug-likeness (QED) is 0.501. The van der Waals surface area contributed by atoms with Crippen LogP contribution in [0.15, 0.2) is 66.7 Å². The maximum absolute atomic E-state index is 13.4. The summed E-state index contributed by atoms with van der Waals surface area (Å²) in [4.78, 5) is 27.6. The molecule has 0 unspecified atom stereocenters. The highest BCUT2D eigenvalue weighted by atomic mass is 19.1. The summed E-state index contributed by atoms with van der Waals surface area (Å²) in [5, 5.41) is 2.76. The van der Waals surface area contributed by atoms with Gasteiger partial charge in [-0.05, 0) is 66.1 Å².